The second-order valence-corrected chi connectivity index (χ2v) is 5.27. The van der Waals surface area contributed by atoms with Gasteiger partial charge < -0.3 is 10.1 Å². The molecular weight excluding hydrogens is 240 g/mol. The van der Waals surface area contributed by atoms with E-state index in [4.69, 9.17) is 10.00 Å². The third-order valence-corrected chi connectivity index (χ3v) is 3.78. The summed E-state index contributed by atoms with van der Waals surface area (Å²) in [5.74, 6) is 0.966. The van der Waals surface area contributed by atoms with Crippen molar-refractivity contribution in [1.82, 2.24) is 5.32 Å². The van der Waals surface area contributed by atoms with Crippen LogP contribution < -0.4 is 10.1 Å². The van der Waals surface area contributed by atoms with Gasteiger partial charge in [0, 0.05) is 0 Å². The fourth-order valence-electron chi connectivity index (χ4n) is 2.45. The Morgan fingerprint density at radius 3 is 2.95 bits per heavy atom. The van der Waals surface area contributed by atoms with Crippen molar-refractivity contribution in [2.75, 3.05) is 6.61 Å². The molecule has 1 amide bonds. The van der Waals surface area contributed by atoms with E-state index in [9.17, 15) is 4.79 Å². The van der Waals surface area contributed by atoms with E-state index in [1.165, 1.54) is 0 Å². The number of benzene rings is 1. The van der Waals surface area contributed by atoms with Gasteiger partial charge in [-0.3, -0.25) is 4.79 Å². The number of nitrogens with one attached hydrogen (secondary N) is 1. The average molecular weight is 256 g/mol. The van der Waals surface area contributed by atoms with Crippen molar-refractivity contribution in [2.45, 2.75) is 25.3 Å². The summed E-state index contributed by atoms with van der Waals surface area (Å²) in [4.78, 5) is 12.2. The molecule has 0 radical (unpaired) electrons. The van der Waals surface area contributed by atoms with Gasteiger partial charge in [0.1, 0.15) is 18.4 Å². The average Bonchev–Trinajstić information content (AvgIpc) is 3.28. The van der Waals surface area contributed by atoms with Crippen molar-refractivity contribution in [2.24, 2.45) is 11.8 Å². The zero-order valence-electron chi connectivity index (χ0n) is 10.6. The topological polar surface area (TPSA) is 62.1 Å². The molecule has 1 aliphatic carbocycles. The third-order valence-electron chi connectivity index (χ3n) is 3.78. The minimum absolute atomic E-state index is 0.0621. The van der Waals surface area contributed by atoms with Crippen LogP contribution in [0, 0.1) is 23.2 Å². The van der Waals surface area contributed by atoms with Crippen LogP contribution in [-0.2, 0) is 11.2 Å². The fourth-order valence-corrected chi connectivity index (χ4v) is 2.45. The predicted octanol–water partition coefficient (Wildman–Crippen LogP) is 1.66. The Morgan fingerprint density at radius 2 is 2.21 bits per heavy atom. The Balaban J connectivity index is 1.64. The van der Waals surface area contributed by atoms with Gasteiger partial charge >= 0.3 is 0 Å². The third kappa shape index (κ3) is 2.55. The lowest BCUT2D eigenvalue weighted by molar-refractivity contribution is -0.126. The Hall–Kier alpha value is -2.02. The SMILES string of the molecule is N#CC(NC(=O)C1COc2ccccc2C1)C1CC1. The molecule has 2 unspecified atom stereocenters. The number of para-hydroxylation sites is 1. The number of hydrogen-bond acceptors (Lipinski definition) is 3. The molecule has 98 valence electrons. The highest BCUT2D eigenvalue weighted by molar-refractivity contribution is 5.80. The highest BCUT2D eigenvalue weighted by Gasteiger charge is 2.34. The number of carbonyl (C=O) groups is 1. The molecule has 0 spiro atoms. The molecule has 4 nitrogen and oxygen atoms in total. The zero-order chi connectivity index (χ0) is 13.2. The van der Waals surface area contributed by atoms with Gasteiger partial charge in [-0.1, -0.05) is 18.2 Å². The molecule has 0 bridgehead atoms. The van der Waals surface area contributed by atoms with E-state index in [1.807, 2.05) is 24.3 Å². The predicted molar refractivity (Wildman–Crippen MR) is 69.4 cm³/mol. The lowest BCUT2D eigenvalue weighted by Crippen LogP contribution is -2.43. The summed E-state index contributed by atoms with van der Waals surface area (Å²) in [6.45, 7) is 0.395. The number of carbonyl (C=O) groups excluding carboxylic acids is 1. The first-order chi connectivity index (χ1) is 9.28. The minimum atomic E-state index is -0.329. The number of nitrogens with zero attached hydrogens (tertiary/aromatic N) is 1. The molecule has 1 aromatic rings. The van der Waals surface area contributed by atoms with Crippen molar-refractivity contribution in [3.63, 3.8) is 0 Å². The van der Waals surface area contributed by atoms with Gasteiger partial charge in [0.05, 0.1) is 12.0 Å². The molecule has 1 aliphatic heterocycles. The van der Waals surface area contributed by atoms with Crippen LogP contribution in [0.1, 0.15) is 18.4 Å². The van der Waals surface area contributed by atoms with Crippen molar-refractivity contribution in [3.05, 3.63) is 29.8 Å². The van der Waals surface area contributed by atoms with Crippen LogP contribution in [-0.4, -0.2) is 18.6 Å². The Morgan fingerprint density at radius 1 is 1.42 bits per heavy atom. The monoisotopic (exact) mass is 256 g/mol. The largest absolute Gasteiger partial charge is 0.492 e. The molecule has 1 heterocycles. The molecule has 1 saturated carbocycles. The van der Waals surface area contributed by atoms with Gasteiger partial charge in [0.25, 0.3) is 0 Å². The second kappa shape index (κ2) is 4.93. The van der Waals surface area contributed by atoms with Crippen LogP contribution in [0.25, 0.3) is 0 Å². The number of ether oxygens (including phenoxy) is 1. The number of rotatable bonds is 3. The normalized spacial score (nSPS) is 22.6. The zero-order valence-corrected chi connectivity index (χ0v) is 10.6. The number of amides is 1. The number of nitriles is 1. The van der Waals surface area contributed by atoms with Crippen molar-refractivity contribution in [3.8, 4) is 11.8 Å². The van der Waals surface area contributed by atoms with Crippen LogP contribution in [0.3, 0.4) is 0 Å². The molecule has 0 aromatic heterocycles. The molecule has 3 rings (SSSR count). The standard InChI is InChI=1S/C15H16N2O2/c16-8-13(10-5-6-10)17-15(18)12-7-11-3-1-2-4-14(11)19-9-12/h1-4,10,12-13H,5-7,9H2,(H,17,18). The molecule has 19 heavy (non-hydrogen) atoms. The molecule has 1 N–H and O–H groups in total. The number of fused-ring (bicyclic) bond motifs is 1. The summed E-state index contributed by atoms with van der Waals surface area (Å²) >= 11 is 0. The molecule has 2 aliphatic rings. The molecule has 1 fully saturated rings. The molecular formula is C15H16N2O2. The lowest BCUT2D eigenvalue weighted by Gasteiger charge is -2.25. The maximum Gasteiger partial charge on any atom is 0.227 e. The first-order valence-electron chi connectivity index (χ1n) is 6.68. The fraction of sp³-hybridized carbons (Fsp3) is 0.467. The van der Waals surface area contributed by atoms with E-state index in [2.05, 4.69) is 11.4 Å². The summed E-state index contributed by atoms with van der Waals surface area (Å²) in [6.07, 6.45) is 2.77. The van der Waals surface area contributed by atoms with E-state index in [-0.39, 0.29) is 17.9 Å². The number of hydrogen-bond donors (Lipinski definition) is 1. The van der Waals surface area contributed by atoms with E-state index in [1.54, 1.807) is 0 Å². The highest BCUT2D eigenvalue weighted by atomic mass is 16.5. The van der Waals surface area contributed by atoms with Gasteiger partial charge in [-0.15, -0.1) is 0 Å². The van der Waals surface area contributed by atoms with Crippen molar-refractivity contribution < 1.29 is 9.53 Å². The van der Waals surface area contributed by atoms with Crippen LogP contribution in [0.15, 0.2) is 24.3 Å². The van der Waals surface area contributed by atoms with Crippen LogP contribution in [0.4, 0.5) is 0 Å². The quantitative estimate of drug-likeness (QED) is 0.894. The first-order valence-corrected chi connectivity index (χ1v) is 6.68. The smallest absolute Gasteiger partial charge is 0.227 e. The maximum atomic E-state index is 12.2. The Kier molecular flexibility index (Phi) is 3.12. The summed E-state index contributed by atoms with van der Waals surface area (Å²) in [5, 5.41) is 11.9. The highest BCUT2D eigenvalue weighted by Crippen LogP contribution is 2.33. The summed E-state index contributed by atoms with van der Waals surface area (Å²) in [7, 11) is 0. The van der Waals surface area contributed by atoms with E-state index >= 15 is 0 Å². The van der Waals surface area contributed by atoms with Gasteiger partial charge in [-0.2, -0.15) is 5.26 Å². The lowest BCUT2D eigenvalue weighted by atomic mass is 9.95. The summed E-state index contributed by atoms with van der Waals surface area (Å²) in [5.41, 5.74) is 1.06. The first kappa shape index (κ1) is 12.0. The van der Waals surface area contributed by atoms with Gasteiger partial charge in [-0.25, -0.2) is 0 Å². The summed E-state index contributed by atoms with van der Waals surface area (Å²) < 4.78 is 5.60. The van der Waals surface area contributed by atoms with Crippen molar-refractivity contribution >= 4 is 5.91 Å². The second-order valence-electron chi connectivity index (χ2n) is 5.27. The van der Waals surface area contributed by atoms with Gasteiger partial charge in [0.15, 0.2) is 0 Å². The van der Waals surface area contributed by atoms with Gasteiger partial charge in [0.2, 0.25) is 5.91 Å². The van der Waals surface area contributed by atoms with Crippen molar-refractivity contribution in [1.29, 1.82) is 5.26 Å². The Labute approximate surface area is 112 Å². The summed E-state index contributed by atoms with van der Waals surface area (Å²) in [6, 6.07) is 9.64. The molecule has 2 atom stereocenters. The molecule has 4 heteroatoms. The maximum absolute atomic E-state index is 12.2. The Bertz CT molecular complexity index is 531. The molecule has 1 aromatic carbocycles. The minimum Gasteiger partial charge on any atom is -0.492 e. The van der Waals surface area contributed by atoms with Crippen LogP contribution in [0.2, 0.25) is 0 Å². The van der Waals surface area contributed by atoms with E-state index < -0.39 is 0 Å². The van der Waals surface area contributed by atoms with Gasteiger partial charge in [-0.05, 0) is 36.8 Å². The van der Waals surface area contributed by atoms with Crippen LogP contribution in [0.5, 0.6) is 5.75 Å². The van der Waals surface area contributed by atoms with Crippen LogP contribution >= 0.6 is 0 Å². The molecule has 0 saturated heterocycles. The van der Waals surface area contributed by atoms with E-state index in [0.29, 0.717) is 18.9 Å². The van der Waals surface area contributed by atoms with E-state index in [0.717, 1.165) is 24.2 Å².